The molecule has 19 heavy (non-hydrogen) atoms. The van der Waals surface area contributed by atoms with Gasteiger partial charge in [-0.05, 0) is 30.2 Å². The van der Waals surface area contributed by atoms with Crippen molar-refractivity contribution in [3.05, 3.63) is 71.3 Å². The van der Waals surface area contributed by atoms with E-state index in [1.165, 1.54) is 0 Å². The minimum atomic E-state index is -1.30. The number of hydrogen-bond acceptors (Lipinski definition) is 2. The van der Waals surface area contributed by atoms with E-state index in [4.69, 9.17) is 4.74 Å². The standard InChI is InChI=1S/C16H15FO2/c1-12-7-5-6-10-14(12)15(17)11-19-16(18)13-8-3-2-4-9-13/h2-10,15H,11H2,1H3. The minimum Gasteiger partial charge on any atom is -0.459 e. The third-order valence-electron chi connectivity index (χ3n) is 2.90. The van der Waals surface area contributed by atoms with Gasteiger partial charge in [0, 0.05) is 0 Å². The van der Waals surface area contributed by atoms with Gasteiger partial charge in [0.25, 0.3) is 0 Å². The largest absolute Gasteiger partial charge is 0.459 e. The van der Waals surface area contributed by atoms with Gasteiger partial charge in [0.2, 0.25) is 0 Å². The lowest BCUT2D eigenvalue weighted by atomic mass is 10.1. The fraction of sp³-hybridized carbons (Fsp3) is 0.188. The maximum atomic E-state index is 14.0. The highest BCUT2D eigenvalue weighted by atomic mass is 19.1. The summed E-state index contributed by atoms with van der Waals surface area (Å²) in [4.78, 5) is 11.7. The number of halogens is 1. The van der Waals surface area contributed by atoms with Crippen molar-refractivity contribution >= 4 is 5.97 Å². The third-order valence-corrected chi connectivity index (χ3v) is 2.90. The number of carbonyl (C=O) groups is 1. The molecule has 0 fully saturated rings. The second kappa shape index (κ2) is 6.14. The van der Waals surface area contributed by atoms with Crippen molar-refractivity contribution in [2.45, 2.75) is 13.1 Å². The molecule has 2 rings (SSSR count). The summed E-state index contributed by atoms with van der Waals surface area (Å²) in [6.45, 7) is 1.57. The molecule has 0 radical (unpaired) electrons. The number of alkyl halides is 1. The van der Waals surface area contributed by atoms with Crippen molar-refractivity contribution in [2.24, 2.45) is 0 Å². The molecule has 0 aromatic heterocycles. The Morgan fingerprint density at radius 2 is 1.74 bits per heavy atom. The maximum absolute atomic E-state index is 14.0. The number of rotatable bonds is 4. The lowest BCUT2D eigenvalue weighted by molar-refractivity contribution is 0.0398. The van der Waals surface area contributed by atoms with E-state index in [1.54, 1.807) is 36.4 Å². The van der Waals surface area contributed by atoms with Gasteiger partial charge in [0.05, 0.1) is 5.56 Å². The summed E-state index contributed by atoms with van der Waals surface area (Å²) in [6, 6.07) is 15.7. The van der Waals surface area contributed by atoms with Gasteiger partial charge in [-0.3, -0.25) is 0 Å². The molecule has 2 aromatic rings. The van der Waals surface area contributed by atoms with Crippen LogP contribution < -0.4 is 0 Å². The van der Waals surface area contributed by atoms with Gasteiger partial charge in [0.15, 0.2) is 6.17 Å². The predicted octanol–water partition coefficient (Wildman–Crippen LogP) is 3.86. The zero-order valence-corrected chi connectivity index (χ0v) is 10.7. The van der Waals surface area contributed by atoms with Crippen LogP contribution in [0.3, 0.4) is 0 Å². The Labute approximate surface area is 111 Å². The molecule has 0 aliphatic heterocycles. The Kier molecular flexibility index (Phi) is 4.29. The zero-order valence-electron chi connectivity index (χ0n) is 10.7. The molecule has 0 amide bonds. The summed E-state index contributed by atoms with van der Waals surface area (Å²) >= 11 is 0. The first-order valence-electron chi connectivity index (χ1n) is 6.10. The van der Waals surface area contributed by atoms with Crippen LogP contribution in [0.15, 0.2) is 54.6 Å². The number of carbonyl (C=O) groups excluding carboxylic acids is 1. The van der Waals surface area contributed by atoms with E-state index in [1.807, 2.05) is 25.1 Å². The Balaban J connectivity index is 1.96. The smallest absolute Gasteiger partial charge is 0.338 e. The third kappa shape index (κ3) is 3.41. The van der Waals surface area contributed by atoms with Crippen LogP contribution in [0.5, 0.6) is 0 Å². The van der Waals surface area contributed by atoms with Crippen LogP contribution in [-0.4, -0.2) is 12.6 Å². The number of benzene rings is 2. The Morgan fingerprint density at radius 3 is 2.42 bits per heavy atom. The molecule has 2 aromatic carbocycles. The van der Waals surface area contributed by atoms with Crippen molar-refractivity contribution in [3.8, 4) is 0 Å². The first-order chi connectivity index (χ1) is 9.18. The van der Waals surface area contributed by atoms with Gasteiger partial charge < -0.3 is 4.74 Å². The highest BCUT2D eigenvalue weighted by Crippen LogP contribution is 2.21. The van der Waals surface area contributed by atoms with E-state index in [0.29, 0.717) is 11.1 Å². The molecule has 0 heterocycles. The molecule has 0 bridgehead atoms. The van der Waals surface area contributed by atoms with Gasteiger partial charge >= 0.3 is 5.97 Å². The second-order valence-electron chi connectivity index (χ2n) is 4.29. The van der Waals surface area contributed by atoms with Crippen LogP contribution >= 0.6 is 0 Å². The first-order valence-corrected chi connectivity index (χ1v) is 6.10. The Bertz CT molecular complexity index is 552. The SMILES string of the molecule is Cc1ccccc1C(F)COC(=O)c1ccccc1. The van der Waals surface area contributed by atoms with Gasteiger partial charge in [-0.2, -0.15) is 0 Å². The number of esters is 1. The van der Waals surface area contributed by atoms with E-state index in [9.17, 15) is 9.18 Å². The maximum Gasteiger partial charge on any atom is 0.338 e. The highest BCUT2D eigenvalue weighted by molar-refractivity contribution is 5.89. The normalized spacial score (nSPS) is 11.9. The summed E-state index contributed by atoms with van der Waals surface area (Å²) in [6.07, 6.45) is -1.30. The quantitative estimate of drug-likeness (QED) is 0.778. The van der Waals surface area contributed by atoms with E-state index in [0.717, 1.165) is 5.56 Å². The highest BCUT2D eigenvalue weighted by Gasteiger charge is 2.15. The van der Waals surface area contributed by atoms with E-state index >= 15 is 0 Å². The first kappa shape index (κ1) is 13.3. The summed E-state index contributed by atoms with van der Waals surface area (Å²) < 4.78 is 19.0. The molecule has 0 aliphatic rings. The molecule has 1 unspecified atom stereocenters. The van der Waals surface area contributed by atoms with Crippen molar-refractivity contribution < 1.29 is 13.9 Å². The average Bonchev–Trinajstić information content (AvgIpc) is 2.46. The molecule has 3 heteroatoms. The summed E-state index contributed by atoms with van der Waals surface area (Å²) in [5.41, 5.74) is 1.84. The van der Waals surface area contributed by atoms with Crippen molar-refractivity contribution in [1.29, 1.82) is 0 Å². The fourth-order valence-electron chi connectivity index (χ4n) is 1.83. The van der Waals surface area contributed by atoms with Gasteiger partial charge in [-0.25, -0.2) is 9.18 Å². The fourth-order valence-corrected chi connectivity index (χ4v) is 1.83. The van der Waals surface area contributed by atoms with Crippen LogP contribution in [0.4, 0.5) is 4.39 Å². The Morgan fingerprint density at radius 1 is 1.11 bits per heavy atom. The van der Waals surface area contributed by atoms with Crippen LogP contribution in [0.25, 0.3) is 0 Å². The molecule has 0 saturated carbocycles. The second-order valence-corrected chi connectivity index (χ2v) is 4.29. The summed E-state index contributed by atoms with van der Waals surface area (Å²) in [5, 5.41) is 0. The van der Waals surface area contributed by atoms with E-state index in [-0.39, 0.29) is 6.61 Å². The molecular weight excluding hydrogens is 243 g/mol. The van der Waals surface area contributed by atoms with E-state index in [2.05, 4.69) is 0 Å². The van der Waals surface area contributed by atoms with Crippen LogP contribution in [0, 0.1) is 6.92 Å². The molecular formula is C16H15FO2. The topological polar surface area (TPSA) is 26.3 Å². The lowest BCUT2D eigenvalue weighted by Gasteiger charge is -2.12. The Hall–Kier alpha value is -2.16. The monoisotopic (exact) mass is 258 g/mol. The van der Waals surface area contributed by atoms with Gasteiger partial charge in [-0.1, -0.05) is 42.5 Å². The van der Waals surface area contributed by atoms with Crippen molar-refractivity contribution in [3.63, 3.8) is 0 Å². The molecule has 0 spiro atoms. The molecule has 0 aliphatic carbocycles. The van der Waals surface area contributed by atoms with Gasteiger partial charge in [-0.15, -0.1) is 0 Å². The molecule has 0 N–H and O–H groups in total. The minimum absolute atomic E-state index is 0.265. The summed E-state index contributed by atoms with van der Waals surface area (Å²) in [7, 11) is 0. The van der Waals surface area contributed by atoms with Crippen LogP contribution in [0.2, 0.25) is 0 Å². The van der Waals surface area contributed by atoms with Crippen molar-refractivity contribution in [2.75, 3.05) is 6.61 Å². The van der Waals surface area contributed by atoms with Crippen LogP contribution in [0.1, 0.15) is 27.7 Å². The van der Waals surface area contributed by atoms with Crippen LogP contribution in [-0.2, 0) is 4.74 Å². The summed E-state index contributed by atoms with van der Waals surface area (Å²) in [5.74, 6) is -0.503. The number of hydrogen-bond donors (Lipinski definition) is 0. The zero-order chi connectivity index (χ0) is 13.7. The average molecular weight is 258 g/mol. The molecule has 1 atom stereocenters. The van der Waals surface area contributed by atoms with Gasteiger partial charge in [0.1, 0.15) is 6.61 Å². The predicted molar refractivity (Wildman–Crippen MR) is 71.8 cm³/mol. The molecule has 2 nitrogen and oxygen atoms in total. The number of ether oxygens (including phenoxy) is 1. The lowest BCUT2D eigenvalue weighted by Crippen LogP contribution is -2.11. The molecule has 0 saturated heterocycles. The van der Waals surface area contributed by atoms with E-state index < -0.39 is 12.1 Å². The van der Waals surface area contributed by atoms with Crippen molar-refractivity contribution in [1.82, 2.24) is 0 Å². The number of aryl methyl sites for hydroxylation is 1. The molecule has 98 valence electrons.